The largest absolute Gasteiger partial charge is 0.354 e. The van der Waals surface area contributed by atoms with Gasteiger partial charge in [-0.25, -0.2) is 19.0 Å². The predicted molar refractivity (Wildman–Crippen MR) is 169 cm³/mol. The highest BCUT2D eigenvalue weighted by molar-refractivity contribution is 5.91. The van der Waals surface area contributed by atoms with E-state index in [-0.39, 0.29) is 17.9 Å². The number of carbonyl (C=O) groups is 2. The summed E-state index contributed by atoms with van der Waals surface area (Å²) in [6.45, 7) is 1.18. The lowest BCUT2D eigenvalue weighted by atomic mass is 9.89. The molecule has 1 fully saturated rings. The number of rotatable bonds is 11. The van der Waals surface area contributed by atoms with Crippen molar-refractivity contribution in [2.45, 2.75) is 45.1 Å². The second-order valence-corrected chi connectivity index (χ2v) is 10.8. The number of hydrogen-bond acceptors (Lipinski definition) is 8. The van der Waals surface area contributed by atoms with E-state index in [0.29, 0.717) is 41.6 Å². The number of aromatic nitrogens is 3. The number of amides is 3. The highest BCUT2D eigenvalue weighted by Crippen LogP contribution is 2.24. The number of hydrazine groups is 1. The molecule has 0 saturated heterocycles. The van der Waals surface area contributed by atoms with E-state index in [4.69, 9.17) is 0 Å². The summed E-state index contributed by atoms with van der Waals surface area (Å²) in [5.74, 6) is 0.364. The Hall–Kier alpha value is -5.33. The van der Waals surface area contributed by atoms with E-state index in [0.717, 1.165) is 12.1 Å². The van der Waals surface area contributed by atoms with Gasteiger partial charge in [0.25, 0.3) is 0 Å². The molecule has 0 spiro atoms. The van der Waals surface area contributed by atoms with E-state index in [1.165, 1.54) is 62.4 Å². The lowest BCUT2D eigenvalue weighted by Gasteiger charge is -2.21. The van der Waals surface area contributed by atoms with Crippen molar-refractivity contribution >= 4 is 41.2 Å². The standard InChI is InChI=1S/C32H35F2N9O2/c33-24-14-10-23(11-15-24)20-36-30-39-29(35-19-22-6-2-1-3-7-22)40-31(41-30)37-25-16-12-21(13-17-25)18-28(44)42-43-32(45)38-27-9-5-4-8-26(27)34/h4-5,8-17,22H,1-3,6-7,18-20H2,(H,42,44)(H2,38,43,45)(H3,35,36,37,39,40,41). The molecule has 0 atom stereocenters. The van der Waals surface area contributed by atoms with Crippen LogP contribution in [0.5, 0.6) is 0 Å². The number of anilines is 5. The lowest BCUT2D eigenvalue weighted by molar-refractivity contribution is -0.121. The molecule has 13 heteroatoms. The van der Waals surface area contributed by atoms with Crippen molar-refractivity contribution in [1.82, 2.24) is 25.8 Å². The molecule has 1 aliphatic rings. The lowest BCUT2D eigenvalue weighted by Crippen LogP contribution is -2.44. The molecule has 0 radical (unpaired) electrons. The van der Waals surface area contributed by atoms with Crippen LogP contribution in [0.3, 0.4) is 0 Å². The number of hydrogen-bond donors (Lipinski definition) is 6. The van der Waals surface area contributed by atoms with E-state index in [2.05, 4.69) is 47.1 Å². The summed E-state index contributed by atoms with van der Waals surface area (Å²) in [6.07, 6.45) is 6.11. The fourth-order valence-corrected chi connectivity index (χ4v) is 4.91. The fourth-order valence-electron chi connectivity index (χ4n) is 4.91. The normalized spacial score (nSPS) is 13.0. The van der Waals surface area contributed by atoms with Gasteiger partial charge >= 0.3 is 6.03 Å². The van der Waals surface area contributed by atoms with Crippen molar-refractivity contribution in [3.63, 3.8) is 0 Å². The van der Waals surface area contributed by atoms with Crippen LogP contribution in [0.2, 0.25) is 0 Å². The summed E-state index contributed by atoms with van der Waals surface area (Å²) < 4.78 is 27.0. The summed E-state index contributed by atoms with van der Waals surface area (Å²) in [5, 5.41) is 12.1. The second kappa shape index (κ2) is 15.4. The fraction of sp³-hybridized carbons (Fsp3) is 0.281. The van der Waals surface area contributed by atoms with E-state index in [1.807, 2.05) is 0 Å². The third kappa shape index (κ3) is 9.85. The van der Waals surface area contributed by atoms with Crippen molar-refractivity contribution in [2.24, 2.45) is 5.92 Å². The number of nitrogens with zero attached hydrogens (tertiary/aromatic N) is 3. The van der Waals surface area contributed by atoms with E-state index in [1.54, 1.807) is 42.5 Å². The van der Waals surface area contributed by atoms with E-state index >= 15 is 0 Å². The second-order valence-electron chi connectivity index (χ2n) is 10.8. The molecular formula is C32H35F2N9O2. The van der Waals surface area contributed by atoms with Gasteiger partial charge in [0.1, 0.15) is 11.6 Å². The number of nitrogens with one attached hydrogen (secondary N) is 6. The van der Waals surface area contributed by atoms with Gasteiger partial charge in [-0.3, -0.25) is 10.2 Å². The average molecular weight is 616 g/mol. The van der Waals surface area contributed by atoms with Gasteiger partial charge in [0.05, 0.1) is 12.1 Å². The molecule has 6 N–H and O–H groups in total. The highest BCUT2D eigenvalue weighted by atomic mass is 19.1. The molecule has 11 nitrogen and oxygen atoms in total. The number of para-hydroxylation sites is 1. The molecule has 5 rings (SSSR count). The van der Waals surface area contributed by atoms with Crippen LogP contribution in [0.4, 0.5) is 42.8 Å². The summed E-state index contributed by atoms with van der Waals surface area (Å²) >= 11 is 0. The third-order valence-electron chi connectivity index (χ3n) is 7.29. The van der Waals surface area contributed by atoms with Crippen LogP contribution in [0.15, 0.2) is 72.8 Å². The predicted octanol–water partition coefficient (Wildman–Crippen LogP) is 5.89. The Morgan fingerprint density at radius 1 is 0.733 bits per heavy atom. The van der Waals surface area contributed by atoms with Gasteiger partial charge in [-0.05, 0) is 66.3 Å². The number of benzene rings is 3. The number of urea groups is 1. The molecule has 1 aromatic heterocycles. The third-order valence-corrected chi connectivity index (χ3v) is 7.29. The van der Waals surface area contributed by atoms with Crippen LogP contribution in [0.1, 0.15) is 43.2 Å². The van der Waals surface area contributed by atoms with Crippen molar-refractivity contribution in [3.05, 3.63) is 95.6 Å². The van der Waals surface area contributed by atoms with Crippen LogP contribution in [-0.4, -0.2) is 33.4 Å². The van der Waals surface area contributed by atoms with Crippen LogP contribution in [-0.2, 0) is 17.8 Å². The Morgan fingerprint density at radius 3 is 2.13 bits per heavy atom. The van der Waals surface area contributed by atoms with E-state index in [9.17, 15) is 18.4 Å². The molecule has 4 aromatic rings. The monoisotopic (exact) mass is 615 g/mol. The molecule has 0 aliphatic heterocycles. The Bertz CT molecular complexity index is 1580. The van der Waals surface area contributed by atoms with Gasteiger partial charge < -0.3 is 21.3 Å². The average Bonchev–Trinajstić information content (AvgIpc) is 3.05. The van der Waals surface area contributed by atoms with Gasteiger partial charge in [-0.2, -0.15) is 15.0 Å². The molecule has 3 aromatic carbocycles. The zero-order valence-corrected chi connectivity index (χ0v) is 24.6. The van der Waals surface area contributed by atoms with E-state index < -0.39 is 17.8 Å². The highest BCUT2D eigenvalue weighted by Gasteiger charge is 2.15. The van der Waals surface area contributed by atoms with Crippen LogP contribution < -0.4 is 32.1 Å². The number of halogens is 2. The summed E-state index contributed by atoms with van der Waals surface area (Å²) in [4.78, 5) is 37.9. The molecule has 1 heterocycles. The van der Waals surface area contributed by atoms with Crippen LogP contribution in [0.25, 0.3) is 0 Å². The minimum absolute atomic E-state index is 0.00129. The molecule has 0 unspecified atom stereocenters. The van der Waals surface area contributed by atoms with Gasteiger partial charge in [-0.1, -0.05) is 55.7 Å². The van der Waals surface area contributed by atoms with Gasteiger partial charge in [-0.15, -0.1) is 0 Å². The van der Waals surface area contributed by atoms with Crippen LogP contribution in [0, 0.1) is 17.6 Å². The zero-order chi connectivity index (χ0) is 31.4. The maximum Gasteiger partial charge on any atom is 0.338 e. The maximum absolute atomic E-state index is 13.7. The molecule has 3 amide bonds. The molecule has 0 bridgehead atoms. The van der Waals surface area contributed by atoms with Crippen molar-refractivity contribution in [1.29, 1.82) is 0 Å². The van der Waals surface area contributed by atoms with Crippen molar-refractivity contribution in [2.75, 3.05) is 27.8 Å². The first-order valence-electron chi connectivity index (χ1n) is 14.8. The smallest absolute Gasteiger partial charge is 0.338 e. The molecule has 1 aliphatic carbocycles. The first-order valence-corrected chi connectivity index (χ1v) is 14.8. The van der Waals surface area contributed by atoms with Crippen molar-refractivity contribution in [3.8, 4) is 0 Å². The molecule has 1 saturated carbocycles. The molecule has 234 valence electrons. The first-order chi connectivity index (χ1) is 21.9. The molecular weight excluding hydrogens is 580 g/mol. The summed E-state index contributed by atoms with van der Waals surface area (Å²) in [7, 11) is 0. The van der Waals surface area contributed by atoms with Gasteiger partial charge in [0.2, 0.25) is 23.8 Å². The van der Waals surface area contributed by atoms with Gasteiger partial charge in [0, 0.05) is 18.8 Å². The number of carbonyl (C=O) groups excluding carboxylic acids is 2. The Balaban J connectivity index is 1.17. The minimum atomic E-state index is -0.774. The summed E-state index contributed by atoms with van der Waals surface area (Å²) in [5.41, 5.74) is 6.77. The minimum Gasteiger partial charge on any atom is -0.354 e. The SMILES string of the molecule is O=C(Cc1ccc(Nc2nc(NCc3ccc(F)cc3)nc(NCC3CCCCC3)n2)cc1)NNC(=O)Nc1ccccc1F. The topological polar surface area (TPSA) is 145 Å². The Kier molecular flexibility index (Phi) is 10.7. The van der Waals surface area contributed by atoms with Gasteiger partial charge in [0.15, 0.2) is 0 Å². The summed E-state index contributed by atoms with van der Waals surface area (Å²) in [6, 6.07) is 18.2. The maximum atomic E-state index is 13.7. The molecule has 45 heavy (non-hydrogen) atoms. The van der Waals surface area contributed by atoms with Crippen molar-refractivity contribution < 1.29 is 18.4 Å². The Labute approximate surface area is 259 Å². The zero-order valence-electron chi connectivity index (χ0n) is 24.6. The van der Waals surface area contributed by atoms with Crippen LogP contribution >= 0.6 is 0 Å². The first kappa shape index (κ1) is 31.1. The Morgan fingerprint density at radius 2 is 1.40 bits per heavy atom. The quantitative estimate of drug-likeness (QED) is 0.115.